The molecular weight excluding hydrogens is 264 g/mol. The highest BCUT2D eigenvalue weighted by molar-refractivity contribution is 7.05. The number of ether oxygens (including phenoxy) is 1. The van der Waals surface area contributed by atoms with Gasteiger partial charge in [0.1, 0.15) is 8.07 Å². The maximum atomic E-state index is 11.4. The first-order chi connectivity index (χ1) is 9.66. The van der Waals surface area contributed by atoms with Gasteiger partial charge in [-0.25, -0.2) is 4.79 Å². The number of carbonyl (C=O) groups is 1. The zero-order valence-corrected chi connectivity index (χ0v) is 12.7. The Morgan fingerprint density at radius 2 is 1.40 bits per heavy atom. The molecule has 0 fully saturated rings. The van der Waals surface area contributed by atoms with Crippen molar-refractivity contribution in [2.45, 2.75) is 6.55 Å². The van der Waals surface area contributed by atoms with Crippen molar-refractivity contribution < 1.29 is 9.53 Å². The van der Waals surface area contributed by atoms with E-state index in [1.54, 1.807) is 6.08 Å². The predicted molar refractivity (Wildman–Crippen MR) is 84.9 cm³/mol. The van der Waals surface area contributed by atoms with Gasteiger partial charge in [-0.1, -0.05) is 83.3 Å². The summed E-state index contributed by atoms with van der Waals surface area (Å²) in [6.45, 7) is 2.23. The number of methoxy groups -OCH3 is 1. The van der Waals surface area contributed by atoms with Crippen molar-refractivity contribution in [1.82, 2.24) is 0 Å². The molecule has 20 heavy (non-hydrogen) atoms. The van der Waals surface area contributed by atoms with E-state index in [0.717, 1.165) is 0 Å². The highest BCUT2D eigenvalue weighted by atomic mass is 28.3. The van der Waals surface area contributed by atoms with E-state index in [2.05, 4.69) is 30.8 Å². The van der Waals surface area contributed by atoms with Crippen molar-refractivity contribution in [1.29, 1.82) is 0 Å². The fraction of sp³-hybridized carbons (Fsp3) is 0.118. The molecule has 102 valence electrons. The van der Waals surface area contributed by atoms with Crippen LogP contribution in [0.4, 0.5) is 0 Å². The van der Waals surface area contributed by atoms with Crippen molar-refractivity contribution in [3.8, 4) is 0 Å². The molecule has 0 spiro atoms. The van der Waals surface area contributed by atoms with Gasteiger partial charge in [-0.3, -0.25) is 0 Å². The Bertz CT molecular complexity index is 551. The van der Waals surface area contributed by atoms with Gasteiger partial charge in [-0.15, -0.1) is 0 Å². The SMILES string of the molecule is COC(=O)/C=C/[Si](C)(c1ccccc1)c1ccccc1. The second-order valence-electron chi connectivity index (χ2n) is 4.79. The Morgan fingerprint density at radius 3 is 1.80 bits per heavy atom. The van der Waals surface area contributed by atoms with Crippen molar-refractivity contribution in [3.63, 3.8) is 0 Å². The van der Waals surface area contributed by atoms with Gasteiger partial charge < -0.3 is 4.74 Å². The van der Waals surface area contributed by atoms with Crippen molar-refractivity contribution in [2.75, 3.05) is 7.11 Å². The molecule has 2 aromatic carbocycles. The van der Waals surface area contributed by atoms with E-state index in [0.29, 0.717) is 0 Å². The summed E-state index contributed by atoms with van der Waals surface area (Å²) in [7, 11) is -0.663. The van der Waals surface area contributed by atoms with Crippen LogP contribution in [0.2, 0.25) is 6.55 Å². The molecule has 2 nitrogen and oxygen atoms in total. The van der Waals surface area contributed by atoms with Crippen LogP contribution < -0.4 is 10.4 Å². The maximum Gasteiger partial charge on any atom is 0.329 e. The van der Waals surface area contributed by atoms with E-state index in [1.165, 1.54) is 17.5 Å². The molecule has 0 atom stereocenters. The van der Waals surface area contributed by atoms with E-state index < -0.39 is 8.07 Å². The fourth-order valence-electron chi connectivity index (χ4n) is 2.23. The summed E-state index contributed by atoms with van der Waals surface area (Å²) in [4.78, 5) is 11.4. The molecule has 0 aliphatic heterocycles. The molecule has 2 aromatic rings. The Hall–Kier alpha value is -2.13. The van der Waals surface area contributed by atoms with Gasteiger partial charge in [-0.05, 0) is 0 Å². The Kier molecular flexibility index (Phi) is 4.53. The fourth-order valence-corrected chi connectivity index (χ4v) is 5.19. The highest BCUT2D eigenvalue weighted by Crippen LogP contribution is 2.07. The lowest BCUT2D eigenvalue weighted by atomic mass is 10.4. The molecule has 0 aliphatic rings. The van der Waals surface area contributed by atoms with Crippen LogP contribution in [0.25, 0.3) is 0 Å². The molecule has 0 amide bonds. The summed E-state index contributed by atoms with van der Waals surface area (Å²) in [6.07, 6.45) is 1.55. The van der Waals surface area contributed by atoms with Gasteiger partial charge in [0.2, 0.25) is 0 Å². The number of benzene rings is 2. The van der Waals surface area contributed by atoms with Gasteiger partial charge >= 0.3 is 5.97 Å². The zero-order valence-electron chi connectivity index (χ0n) is 11.7. The number of hydrogen-bond acceptors (Lipinski definition) is 2. The van der Waals surface area contributed by atoms with Gasteiger partial charge in [0.15, 0.2) is 0 Å². The minimum Gasteiger partial charge on any atom is -0.466 e. The number of hydrogen-bond donors (Lipinski definition) is 0. The monoisotopic (exact) mass is 282 g/mol. The minimum absolute atomic E-state index is 0.310. The summed E-state index contributed by atoms with van der Waals surface area (Å²) in [5.74, 6) is -0.310. The summed E-state index contributed by atoms with van der Waals surface area (Å²) < 4.78 is 4.71. The molecule has 0 unspecified atom stereocenters. The topological polar surface area (TPSA) is 26.3 Å². The average Bonchev–Trinajstić information content (AvgIpc) is 2.54. The van der Waals surface area contributed by atoms with Crippen LogP contribution in [0.3, 0.4) is 0 Å². The van der Waals surface area contributed by atoms with Crippen LogP contribution >= 0.6 is 0 Å². The molecule has 0 bridgehead atoms. The molecular formula is C17H18O2Si. The molecule has 0 aliphatic carbocycles. The summed E-state index contributed by atoms with van der Waals surface area (Å²) in [5, 5.41) is 2.54. The summed E-state index contributed by atoms with van der Waals surface area (Å²) in [6, 6.07) is 20.7. The quantitative estimate of drug-likeness (QED) is 0.488. The van der Waals surface area contributed by atoms with Crippen LogP contribution in [0.15, 0.2) is 72.4 Å². The van der Waals surface area contributed by atoms with Gasteiger partial charge in [0.05, 0.1) is 7.11 Å². The standard InChI is InChI=1S/C17H18O2Si/c1-19-17(18)13-14-20(2,15-9-5-3-6-10-15)16-11-7-4-8-12-16/h3-14H,1-2H3/b14-13+. The van der Waals surface area contributed by atoms with Crippen molar-refractivity contribution in [3.05, 3.63) is 72.4 Å². The van der Waals surface area contributed by atoms with E-state index in [4.69, 9.17) is 4.74 Å². The Labute approximate surface area is 120 Å². The van der Waals surface area contributed by atoms with Crippen LogP contribution in [-0.2, 0) is 9.53 Å². The molecule has 0 aromatic heterocycles. The molecule has 3 heteroatoms. The average molecular weight is 282 g/mol. The number of esters is 1. The van der Waals surface area contributed by atoms with Crippen LogP contribution in [0.5, 0.6) is 0 Å². The molecule has 0 saturated carbocycles. The zero-order chi connectivity index (χ0) is 14.4. The Morgan fingerprint density at radius 1 is 0.950 bits per heavy atom. The summed E-state index contributed by atoms with van der Waals surface area (Å²) >= 11 is 0. The first kappa shape index (κ1) is 14.3. The molecule has 0 N–H and O–H groups in total. The smallest absolute Gasteiger partial charge is 0.329 e. The van der Waals surface area contributed by atoms with Crippen LogP contribution in [-0.4, -0.2) is 21.2 Å². The minimum atomic E-state index is -2.06. The molecule has 2 rings (SSSR count). The maximum absolute atomic E-state index is 11.4. The second-order valence-corrected chi connectivity index (χ2v) is 8.68. The van der Waals surface area contributed by atoms with Gasteiger partial charge in [0.25, 0.3) is 0 Å². The first-order valence-corrected chi connectivity index (χ1v) is 9.13. The van der Waals surface area contributed by atoms with E-state index >= 15 is 0 Å². The van der Waals surface area contributed by atoms with Crippen molar-refractivity contribution >= 4 is 24.4 Å². The lowest BCUT2D eigenvalue weighted by Gasteiger charge is -2.24. The Balaban J connectivity index is 2.49. The van der Waals surface area contributed by atoms with Gasteiger partial charge in [0, 0.05) is 6.08 Å². The third-order valence-corrected chi connectivity index (χ3v) is 7.40. The largest absolute Gasteiger partial charge is 0.466 e. The predicted octanol–water partition coefficient (Wildman–Crippen LogP) is 2.15. The van der Waals surface area contributed by atoms with Gasteiger partial charge in [-0.2, -0.15) is 0 Å². The second kappa shape index (κ2) is 6.35. The van der Waals surface area contributed by atoms with Crippen LogP contribution in [0, 0.1) is 0 Å². The lowest BCUT2D eigenvalue weighted by Crippen LogP contribution is -2.54. The molecule has 0 radical (unpaired) electrons. The third kappa shape index (κ3) is 3.06. The number of carbonyl (C=O) groups excluding carboxylic acids is 1. The molecule has 0 heterocycles. The third-order valence-electron chi connectivity index (χ3n) is 3.50. The molecule has 0 saturated heterocycles. The van der Waals surface area contributed by atoms with Crippen molar-refractivity contribution in [2.24, 2.45) is 0 Å². The number of rotatable bonds is 4. The van der Waals surface area contributed by atoms with Crippen LogP contribution in [0.1, 0.15) is 0 Å². The van der Waals surface area contributed by atoms with E-state index in [9.17, 15) is 4.79 Å². The highest BCUT2D eigenvalue weighted by Gasteiger charge is 2.28. The van der Waals surface area contributed by atoms with E-state index in [-0.39, 0.29) is 5.97 Å². The summed E-state index contributed by atoms with van der Waals surface area (Å²) in [5.41, 5.74) is 2.03. The lowest BCUT2D eigenvalue weighted by molar-refractivity contribution is -0.134. The first-order valence-electron chi connectivity index (χ1n) is 6.55. The normalized spacial score (nSPS) is 11.5. The van der Waals surface area contributed by atoms with E-state index in [1.807, 2.05) is 42.1 Å².